The van der Waals surface area contributed by atoms with Crippen LogP contribution in [0.3, 0.4) is 0 Å². The van der Waals surface area contributed by atoms with E-state index < -0.39 is 76.6 Å². The predicted octanol–water partition coefficient (Wildman–Crippen LogP) is 5.48. The smallest absolute Gasteiger partial charge is 0.744 e. The Labute approximate surface area is 374 Å². The Morgan fingerprint density at radius 2 is 0.902 bits per heavy atom. The number of carbonyl (C=O) groups excluding carboxylic acids is 4. The van der Waals surface area contributed by atoms with Crippen LogP contribution >= 0.6 is 23.2 Å². The van der Waals surface area contributed by atoms with Gasteiger partial charge in [0.2, 0.25) is 12.1 Å². The molecule has 318 valence electrons. The molecule has 0 spiro atoms. The van der Waals surface area contributed by atoms with Gasteiger partial charge in [-0.25, -0.2) is 16.8 Å². The van der Waals surface area contributed by atoms with Crippen molar-refractivity contribution in [2.24, 2.45) is 20.5 Å². The second-order valence-corrected chi connectivity index (χ2v) is 15.6. The summed E-state index contributed by atoms with van der Waals surface area (Å²) in [7, 11) is -5.68. The summed E-state index contributed by atoms with van der Waals surface area (Å²) in [6.45, 7) is 2.05. The first-order chi connectivity index (χ1) is 28.1. The number of carbonyl (C=O) groups is 4. The van der Waals surface area contributed by atoms with E-state index in [0.717, 1.165) is 38.1 Å². The third kappa shape index (κ3) is 12.4. The van der Waals surface area contributed by atoms with Gasteiger partial charge in [-0.05, 0) is 38.1 Å². The van der Waals surface area contributed by atoms with Crippen LogP contribution < -0.4 is 29.6 Å². The molecule has 0 fully saturated rings. The Hall–Kier alpha value is -5.27. The number of ether oxygens (including phenoxy) is 4. The molecule has 4 aromatic rings. The number of nitrogens with one attached hydrogen (secondary N) is 2. The molecule has 0 aliphatic heterocycles. The van der Waals surface area contributed by atoms with Gasteiger partial charge in [-0.1, -0.05) is 35.3 Å². The molecule has 2 N–H and O–H groups in total. The molecular weight excluding hydrogens is 900 g/mol. The van der Waals surface area contributed by atoms with Crippen LogP contribution in [-0.2, 0) is 39.4 Å². The van der Waals surface area contributed by atoms with Gasteiger partial charge < -0.3 is 38.7 Å². The fourth-order valence-corrected chi connectivity index (χ4v) is 7.10. The summed E-state index contributed by atoms with van der Waals surface area (Å²) >= 11 is 12.2. The second-order valence-electron chi connectivity index (χ2n) is 12.1. The number of nitrogens with zero attached hydrogens (tertiary/aromatic N) is 4. The third-order valence-electron chi connectivity index (χ3n) is 8.07. The zero-order chi connectivity index (χ0) is 44.7. The van der Waals surface area contributed by atoms with Crippen LogP contribution in [0.25, 0.3) is 11.1 Å². The van der Waals surface area contributed by atoms with Gasteiger partial charge in [-0.3, -0.25) is 19.2 Å². The summed E-state index contributed by atoms with van der Waals surface area (Å²) in [5.41, 5.74) is -1.80. The average Bonchev–Trinajstić information content (AvgIpc) is 3.17. The summed E-state index contributed by atoms with van der Waals surface area (Å²) in [4.78, 5) is 49.0. The van der Waals surface area contributed by atoms with E-state index in [0.29, 0.717) is 12.1 Å². The third-order valence-corrected chi connectivity index (χ3v) is 10.4. The molecule has 0 bridgehead atoms. The van der Waals surface area contributed by atoms with Crippen molar-refractivity contribution in [1.29, 1.82) is 0 Å². The molecule has 4 aromatic carbocycles. The maximum Gasteiger partial charge on any atom is 2.00 e. The number of hydrogen-bond acceptors (Lipinski definition) is 18. The van der Waals surface area contributed by atoms with E-state index in [4.69, 9.17) is 42.1 Å². The molecule has 0 heterocycles. The van der Waals surface area contributed by atoms with E-state index in [1.54, 1.807) is 0 Å². The van der Waals surface area contributed by atoms with Gasteiger partial charge in [-0.2, -0.15) is 20.5 Å². The van der Waals surface area contributed by atoms with Gasteiger partial charge in [0.25, 0.3) is 11.8 Å². The molecule has 2 unspecified atom stereocenters. The molecule has 20 nitrogen and oxygen atoms in total. The summed E-state index contributed by atoms with van der Waals surface area (Å²) in [6, 6.07) is 7.09. The Kier molecular flexibility index (Phi) is 17.2. The van der Waals surface area contributed by atoms with Crippen molar-refractivity contribution in [3.05, 3.63) is 70.7 Å². The monoisotopic (exact) mass is 930 g/mol. The van der Waals surface area contributed by atoms with Gasteiger partial charge in [0.05, 0.1) is 71.0 Å². The molecule has 2 atom stereocenters. The number of hydrogen-bond donors (Lipinski definition) is 2. The number of ketones is 2. The average molecular weight is 932 g/mol. The number of rotatable bonds is 17. The van der Waals surface area contributed by atoms with Crippen molar-refractivity contribution in [3.8, 4) is 34.1 Å². The molecule has 61 heavy (non-hydrogen) atoms. The van der Waals surface area contributed by atoms with E-state index in [1.807, 2.05) is 0 Å². The fraction of sp³-hybridized carbons (Fsp3) is 0.222. The molecule has 0 aliphatic carbocycles. The van der Waals surface area contributed by atoms with Crippen molar-refractivity contribution in [2.45, 2.75) is 35.7 Å². The van der Waals surface area contributed by atoms with Crippen molar-refractivity contribution in [2.75, 3.05) is 39.1 Å². The number of Topliss-reactive ketones (excluding diaryl/α,β-unsaturated/α-hetero) is 2. The van der Waals surface area contributed by atoms with Crippen molar-refractivity contribution >= 4 is 113 Å². The summed E-state index contributed by atoms with van der Waals surface area (Å²) < 4.78 is 95.7. The van der Waals surface area contributed by atoms with Crippen LogP contribution in [-0.4, -0.2) is 113 Å². The molecule has 4 rings (SSSR count). The van der Waals surface area contributed by atoms with Crippen LogP contribution in [0.1, 0.15) is 13.8 Å². The molecule has 0 saturated heterocycles. The van der Waals surface area contributed by atoms with E-state index in [1.165, 1.54) is 52.7 Å². The predicted molar refractivity (Wildman–Crippen MR) is 218 cm³/mol. The number of benzene rings is 4. The Morgan fingerprint density at radius 3 is 1.18 bits per heavy atom. The van der Waals surface area contributed by atoms with E-state index in [2.05, 4.69) is 31.1 Å². The van der Waals surface area contributed by atoms with Crippen LogP contribution in [0.5, 0.6) is 23.0 Å². The first-order valence-electron chi connectivity index (χ1n) is 16.6. The summed E-state index contributed by atoms with van der Waals surface area (Å²) in [5.74, 6) is -3.07. The van der Waals surface area contributed by atoms with Gasteiger partial charge in [-0.15, -0.1) is 0 Å². The number of azo groups is 2. The first-order valence-corrected chi connectivity index (χ1v) is 20.2. The second kappa shape index (κ2) is 21.0. The fourth-order valence-electron chi connectivity index (χ4n) is 5.21. The molecular formula is C36H32Cl2MgN6O14S2. The van der Waals surface area contributed by atoms with Gasteiger partial charge in [0.1, 0.15) is 43.2 Å². The Balaban J connectivity index is 0.00000992. The standard InChI is InChI=1S/C36H34Cl2N6O14S2.Mg/c1-17(45)33(35(47)39-25-15-27(55-3)23(37)13-29(25)57-5)43-41-19-7-9-21(31(11-19)59(49,50)51)22-10-8-20(12-32(22)60(52,53)54)42-44-34(18(2)46)36(48)40-26-16-28(56-4)24(38)14-30(26)58-6;/h7-16,33-34H,1-6H3,(H,39,47)(H,40,48)(H,49,50,51)(H,52,53,54);/q;+2/p-2. The molecule has 2 amide bonds. The molecule has 0 aliphatic rings. The normalized spacial score (nSPS) is 12.6. The quantitative estimate of drug-likeness (QED) is 0.0574. The van der Waals surface area contributed by atoms with Crippen LogP contribution in [0.15, 0.2) is 90.9 Å². The van der Waals surface area contributed by atoms with Crippen LogP contribution in [0.4, 0.5) is 22.7 Å². The van der Waals surface area contributed by atoms with E-state index in [-0.39, 0.29) is 78.8 Å². The zero-order valence-electron chi connectivity index (χ0n) is 32.7. The summed E-state index contributed by atoms with van der Waals surface area (Å²) in [6.07, 6.45) is 0. The van der Waals surface area contributed by atoms with Gasteiger partial charge >= 0.3 is 23.1 Å². The van der Waals surface area contributed by atoms with E-state index >= 15 is 0 Å². The maximum absolute atomic E-state index is 13.1. The van der Waals surface area contributed by atoms with Crippen molar-refractivity contribution < 1.29 is 64.1 Å². The minimum Gasteiger partial charge on any atom is -0.744 e. The van der Waals surface area contributed by atoms with Crippen molar-refractivity contribution in [1.82, 2.24) is 0 Å². The molecule has 0 radical (unpaired) electrons. The number of amides is 2. The number of halogens is 2. The topological polar surface area (TPSA) is 293 Å². The molecule has 25 heteroatoms. The zero-order valence-corrected chi connectivity index (χ0v) is 37.3. The number of methoxy groups -OCH3 is 4. The first kappa shape index (κ1) is 50.1. The largest absolute Gasteiger partial charge is 2.00 e. The minimum atomic E-state index is -5.46. The van der Waals surface area contributed by atoms with Crippen LogP contribution in [0.2, 0.25) is 10.0 Å². The van der Waals surface area contributed by atoms with Gasteiger partial charge in [0.15, 0.2) is 11.6 Å². The molecule has 0 saturated carbocycles. The van der Waals surface area contributed by atoms with Gasteiger partial charge in [0, 0.05) is 35.4 Å². The Bertz CT molecular complexity index is 2490. The molecule has 0 aromatic heterocycles. The SMILES string of the molecule is COc1cc(NC(=O)C(N=Nc2ccc(-c3ccc(N=NC(C(C)=O)C(=O)Nc4cc(OC)c(Cl)cc4OC)cc3S(=O)(=O)[O-])c(S(=O)(=O)[O-])c2)C(C)=O)c(OC)cc1Cl.[Mg+2]. The van der Waals surface area contributed by atoms with Crippen LogP contribution in [0, 0.1) is 0 Å². The minimum absolute atomic E-state index is 0. The van der Waals surface area contributed by atoms with Crippen molar-refractivity contribution in [3.63, 3.8) is 0 Å². The Morgan fingerprint density at radius 1 is 0.574 bits per heavy atom. The number of anilines is 2. The summed E-state index contributed by atoms with van der Waals surface area (Å²) in [5, 5.41) is 20.2. The van der Waals surface area contributed by atoms with E-state index in [9.17, 15) is 45.1 Å². The maximum atomic E-state index is 13.1.